The molecule has 2 aliphatic rings. The van der Waals surface area contributed by atoms with Crippen LogP contribution in [0.15, 0.2) is 35.2 Å². The highest BCUT2D eigenvalue weighted by Crippen LogP contribution is 2.36. The summed E-state index contributed by atoms with van der Waals surface area (Å²) in [5.41, 5.74) is 1.59. The number of nitrogens with zero attached hydrogens (tertiary/aromatic N) is 1. The van der Waals surface area contributed by atoms with Crippen molar-refractivity contribution in [3.8, 4) is 5.75 Å². The fraction of sp³-hybridized carbons (Fsp3) is 0.333. The van der Waals surface area contributed by atoms with Gasteiger partial charge in [0.15, 0.2) is 6.61 Å². The average Bonchev–Trinajstić information content (AvgIpc) is 2.75. The predicted molar refractivity (Wildman–Crippen MR) is 117 cm³/mol. The number of benzene rings is 2. The molecule has 2 N–H and O–H groups in total. The van der Waals surface area contributed by atoms with Crippen LogP contribution in [-0.4, -0.2) is 44.2 Å². The summed E-state index contributed by atoms with van der Waals surface area (Å²) in [6.07, 6.45) is 2.68. The number of rotatable bonds is 4. The van der Waals surface area contributed by atoms with Crippen molar-refractivity contribution in [2.45, 2.75) is 31.1 Å². The lowest BCUT2D eigenvalue weighted by molar-refractivity contribution is -0.118. The van der Waals surface area contributed by atoms with Crippen LogP contribution in [0.5, 0.6) is 5.75 Å². The van der Waals surface area contributed by atoms with E-state index >= 15 is 0 Å². The molecule has 2 heterocycles. The molecule has 0 atom stereocenters. The van der Waals surface area contributed by atoms with Crippen LogP contribution in [0.2, 0.25) is 5.02 Å². The molecule has 0 aliphatic carbocycles. The third-order valence-corrected chi connectivity index (χ3v) is 7.56. The molecule has 10 heteroatoms. The Kier molecular flexibility index (Phi) is 5.92. The molecule has 2 aliphatic heterocycles. The molecule has 0 spiro atoms. The summed E-state index contributed by atoms with van der Waals surface area (Å²) >= 11 is 6.26. The Morgan fingerprint density at radius 3 is 2.65 bits per heavy atom. The van der Waals surface area contributed by atoms with Gasteiger partial charge in [-0.1, -0.05) is 24.1 Å². The Morgan fingerprint density at radius 1 is 1.16 bits per heavy atom. The average molecular weight is 464 g/mol. The summed E-state index contributed by atoms with van der Waals surface area (Å²) < 4.78 is 32.8. The Labute approximate surface area is 185 Å². The summed E-state index contributed by atoms with van der Waals surface area (Å²) in [6, 6.07) is 7.57. The van der Waals surface area contributed by atoms with Crippen LogP contribution in [0.3, 0.4) is 0 Å². The first-order valence-electron chi connectivity index (χ1n) is 9.94. The zero-order chi connectivity index (χ0) is 22.2. The Hall–Kier alpha value is -2.62. The third-order valence-electron chi connectivity index (χ3n) is 5.36. The molecular weight excluding hydrogens is 442 g/mol. The second kappa shape index (κ2) is 8.49. The minimum absolute atomic E-state index is 0.0905. The number of carbonyl (C=O) groups excluding carboxylic acids is 2. The minimum Gasteiger partial charge on any atom is -0.482 e. The van der Waals surface area contributed by atoms with Gasteiger partial charge >= 0.3 is 0 Å². The first kappa shape index (κ1) is 21.6. The van der Waals surface area contributed by atoms with Gasteiger partial charge in [-0.2, -0.15) is 4.31 Å². The molecule has 8 nitrogen and oxygen atoms in total. The summed E-state index contributed by atoms with van der Waals surface area (Å²) in [7, 11) is -3.67. The number of ether oxygens (including phenoxy) is 1. The van der Waals surface area contributed by atoms with Gasteiger partial charge in [-0.05, 0) is 43.5 Å². The van der Waals surface area contributed by atoms with Crippen molar-refractivity contribution >= 4 is 44.8 Å². The molecule has 31 heavy (non-hydrogen) atoms. The smallest absolute Gasteiger partial charge is 0.262 e. The zero-order valence-electron chi connectivity index (χ0n) is 16.9. The van der Waals surface area contributed by atoms with Gasteiger partial charge in [-0.15, -0.1) is 0 Å². The van der Waals surface area contributed by atoms with E-state index in [0.29, 0.717) is 35.8 Å². The van der Waals surface area contributed by atoms with Crippen molar-refractivity contribution in [1.29, 1.82) is 0 Å². The van der Waals surface area contributed by atoms with E-state index in [2.05, 4.69) is 10.6 Å². The lowest BCUT2D eigenvalue weighted by Crippen LogP contribution is -2.35. The largest absolute Gasteiger partial charge is 0.482 e. The van der Waals surface area contributed by atoms with Gasteiger partial charge in [0.2, 0.25) is 10.0 Å². The van der Waals surface area contributed by atoms with Crippen LogP contribution < -0.4 is 15.4 Å². The van der Waals surface area contributed by atoms with Crippen LogP contribution in [0.1, 0.15) is 35.2 Å². The van der Waals surface area contributed by atoms with E-state index in [-0.39, 0.29) is 28.0 Å². The maximum atomic E-state index is 13.0. The van der Waals surface area contributed by atoms with Gasteiger partial charge in [0.05, 0.1) is 21.3 Å². The highest BCUT2D eigenvalue weighted by atomic mass is 35.5. The maximum Gasteiger partial charge on any atom is 0.262 e. The fourth-order valence-electron chi connectivity index (χ4n) is 3.65. The Bertz CT molecular complexity index is 1160. The standard InChI is InChI=1S/C21H22ClN3O5S/c1-13-5-6-14(31(28,29)25-7-3-2-4-8-25)9-15(13)21(27)24-17-11-19-18(10-16(17)22)23-20(26)12-30-19/h5-6,9-11H,2-4,7-8,12H2,1H3,(H,23,26)(H,24,27). The molecule has 0 unspecified atom stereocenters. The lowest BCUT2D eigenvalue weighted by atomic mass is 10.1. The van der Waals surface area contributed by atoms with Gasteiger partial charge in [0.1, 0.15) is 5.75 Å². The summed E-state index contributed by atoms with van der Waals surface area (Å²) in [6.45, 7) is 2.58. The van der Waals surface area contributed by atoms with E-state index in [1.165, 1.54) is 28.6 Å². The van der Waals surface area contributed by atoms with Gasteiger partial charge < -0.3 is 15.4 Å². The van der Waals surface area contributed by atoms with Crippen molar-refractivity contribution in [2.75, 3.05) is 30.3 Å². The quantitative estimate of drug-likeness (QED) is 0.723. The molecule has 2 aromatic carbocycles. The van der Waals surface area contributed by atoms with Crippen LogP contribution in [-0.2, 0) is 14.8 Å². The van der Waals surface area contributed by atoms with Crippen LogP contribution in [0.25, 0.3) is 0 Å². The number of nitrogens with one attached hydrogen (secondary N) is 2. The molecule has 4 rings (SSSR count). The molecule has 0 aromatic heterocycles. The molecule has 1 saturated heterocycles. The van der Waals surface area contributed by atoms with Gasteiger partial charge in [0, 0.05) is 24.7 Å². The topological polar surface area (TPSA) is 105 Å². The number of piperidine rings is 1. The number of aryl methyl sites for hydroxylation is 1. The Balaban J connectivity index is 1.61. The van der Waals surface area contributed by atoms with E-state index in [4.69, 9.17) is 16.3 Å². The number of anilines is 2. The molecule has 1 fully saturated rings. The molecule has 0 bridgehead atoms. The summed E-state index contributed by atoms with van der Waals surface area (Å²) in [5, 5.41) is 5.58. The predicted octanol–water partition coefficient (Wildman–Crippen LogP) is 3.41. The number of sulfonamides is 1. The molecular formula is C21H22ClN3O5S. The molecule has 2 amide bonds. The highest BCUT2D eigenvalue weighted by Gasteiger charge is 2.27. The van der Waals surface area contributed by atoms with E-state index in [1.54, 1.807) is 13.0 Å². The van der Waals surface area contributed by atoms with Gasteiger partial charge in [-0.3, -0.25) is 9.59 Å². The number of carbonyl (C=O) groups is 2. The van der Waals surface area contributed by atoms with Crippen molar-refractivity contribution in [1.82, 2.24) is 4.31 Å². The van der Waals surface area contributed by atoms with E-state index in [0.717, 1.165) is 19.3 Å². The van der Waals surface area contributed by atoms with Crippen LogP contribution in [0.4, 0.5) is 11.4 Å². The second-order valence-corrected chi connectivity index (χ2v) is 9.91. The second-order valence-electron chi connectivity index (χ2n) is 7.56. The molecule has 164 valence electrons. The van der Waals surface area contributed by atoms with Gasteiger partial charge in [-0.25, -0.2) is 8.42 Å². The molecule has 0 saturated carbocycles. The number of hydrogen-bond donors (Lipinski definition) is 2. The first-order valence-corrected chi connectivity index (χ1v) is 11.8. The van der Waals surface area contributed by atoms with Crippen molar-refractivity contribution in [2.24, 2.45) is 0 Å². The zero-order valence-corrected chi connectivity index (χ0v) is 18.5. The number of amides is 2. The molecule has 0 radical (unpaired) electrons. The molecule has 2 aromatic rings. The minimum atomic E-state index is -3.67. The Morgan fingerprint density at radius 2 is 1.90 bits per heavy atom. The monoisotopic (exact) mass is 463 g/mol. The van der Waals surface area contributed by atoms with Crippen LogP contribution >= 0.6 is 11.6 Å². The van der Waals surface area contributed by atoms with Crippen molar-refractivity contribution < 1.29 is 22.7 Å². The number of halogens is 1. The van der Waals surface area contributed by atoms with E-state index in [1.807, 2.05) is 0 Å². The fourth-order valence-corrected chi connectivity index (χ4v) is 5.40. The van der Waals surface area contributed by atoms with Crippen molar-refractivity contribution in [3.05, 3.63) is 46.5 Å². The SMILES string of the molecule is Cc1ccc(S(=O)(=O)N2CCCCC2)cc1C(=O)Nc1cc2c(cc1Cl)NC(=O)CO2. The van der Waals surface area contributed by atoms with Gasteiger partial charge in [0.25, 0.3) is 11.8 Å². The highest BCUT2D eigenvalue weighted by molar-refractivity contribution is 7.89. The van der Waals surface area contributed by atoms with E-state index < -0.39 is 15.9 Å². The summed E-state index contributed by atoms with van der Waals surface area (Å²) in [4.78, 5) is 24.5. The first-order chi connectivity index (χ1) is 14.8. The van der Waals surface area contributed by atoms with Crippen LogP contribution in [0, 0.1) is 6.92 Å². The summed E-state index contributed by atoms with van der Waals surface area (Å²) in [5.74, 6) is -0.393. The normalized spacial score (nSPS) is 16.8. The third kappa shape index (κ3) is 4.39. The van der Waals surface area contributed by atoms with E-state index in [9.17, 15) is 18.0 Å². The lowest BCUT2D eigenvalue weighted by Gasteiger charge is -2.26. The maximum absolute atomic E-state index is 13.0. The number of hydrogen-bond acceptors (Lipinski definition) is 5. The number of fused-ring (bicyclic) bond motifs is 1. The van der Waals surface area contributed by atoms with Crippen molar-refractivity contribution in [3.63, 3.8) is 0 Å².